The summed E-state index contributed by atoms with van der Waals surface area (Å²) in [6.45, 7) is 1.66. The van der Waals surface area contributed by atoms with E-state index in [4.69, 9.17) is 5.11 Å². The Kier molecular flexibility index (Phi) is 4.59. The number of hydrogen-bond acceptors (Lipinski definition) is 6. The predicted molar refractivity (Wildman–Crippen MR) is 80.2 cm³/mol. The molecule has 0 radical (unpaired) electrons. The molecule has 1 amide bonds. The molecule has 0 fully saturated rings. The minimum atomic E-state index is -0.975. The summed E-state index contributed by atoms with van der Waals surface area (Å²) in [5.74, 6) is -1.09. The average Bonchev–Trinajstić information content (AvgIpc) is 2.79. The molecule has 0 bridgehead atoms. The van der Waals surface area contributed by atoms with E-state index < -0.39 is 5.97 Å². The van der Waals surface area contributed by atoms with Gasteiger partial charge in [-0.25, -0.2) is 14.8 Å². The van der Waals surface area contributed by atoms with Gasteiger partial charge in [-0.15, -0.1) is 0 Å². The molecule has 2 aromatic heterocycles. The zero-order chi connectivity index (χ0) is 15.6. The van der Waals surface area contributed by atoms with Crippen molar-refractivity contribution < 1.29 is 14.7 Å². The number of carboxylic acids is 1. The molecule has 6 nitrogen and oxygen atoms in total. The maximum atomic E-state index is 11.7. The minimum absolute atomic E-state index is 0.114. The Balaban J connectivity index is 2.15. The van der Waals surface area contributed by atoms with E-state index in [1.54, 1.807) is 33.2 Å². The van der Waals surface area contributed by atoms with Crippen molar-refractivity contribution in [1.82, 2.24) is 14.9 Å². The van der Waals surface area contributed by atoms with Gasteiger partial charge in [0.1, 0.15) is 9.90 Å². The number of carbonyl (C=O) groups is 2. The van der Waals surface area contributed by atoms with Crippen LogP contribution in [0.5, 0.6) is 0 Å². The van der Waals surface area contributed by atoms with Crippen LogP contribution in [0.15, 0.2) is 27.7 Å². The van der Waals surface area contributed by atoms with E-state index in [9.17, 15) is 9.59 Å². The van der Waals surface area contributed by atoms with Crippen molar-refractivity contribution in [3.05, 3.63) is 34.5 Å². The van der Waals surface area contributed by atoms with Gasteiger partial charge in [0.2, 0.25) is 0 Å². The number of amides is 1. The molecule has 21 heavy (non-hydrogen) atoms. The Bertz CT molecular complexity index is 680. The summed E-state index contributed by atoms with van der Waals surface area (Å²) in [5, 5.41) is 9.66. The highest BCUT2D eigenvalue weighted by Crippen LogP contribution is 2.31. The number of thiazole rings is 1. The van der Waals surface area contributed by atoms with E-state index in [2.05, 4.69) is 9.97 Å². The molecular weight excluding hydrogens is 310 g/mol. The first kappa shape index (κ1) is 15.5. The Morgan fingerprint density at radius 3 is 2.52 bits per heavy atom. The lowest BCUT2D eigenvalue weighted by atomic mass is 10.2. The summed E-state index contributed by atoms with van der Waals surface area (Å²) in [6.07, 6.45) is 1.50. The van der Waals surface area contributed by atoms with Crippen LogP contribution in [0.4, 0.5) is 0 Å². The molecule has 110 valence electrons. The molecular formula is C13H13N3O3S2. The molecule has 0 spiro atoms. The quantitative estimate of drug-likeness (QED) is 0.930. The highest BCUT2D eigenvalue weighted by molar-refractivity contribution is 8.01. The highest BCUT2D eigenvalue weighted by atomic mass is 32.2. The summed E-state index contributed by atoms with van der Waals surface area (Å²) in [5.41, 5.74) is 1.00. The van der Waals surface area contributed by atoms with Gasteiger partial charge in [0.25, 0.3) is 5.91 Å². The van der Waals surface area contributed by atoms with Crippen molar-refractivity contribution in [1.29, 1.82) is 0 Å². The van der Waals surface area contributed by atoms with E-state index in [1.165, 1.54) is 22.9 Å². The molecule has 0 unspecified atom stereocenters. The molecule has 0 aliphatic heterocycles. The molecule has 2 heterocycles. The van der Waals surface area contributed by atoms with E-state index in [0.717, 1.165) is 11.3 Å². The third-order valence-electron chi connectivity index (χ3n) is 2.55. The molecule has 0 aliphatic carbocycles. The topological polar surface area (TPSA) is 83.4 Å². The Labute approximate surface area is 129 Å². The SMILES string of the molecule is Cc1nc(Sc2ccc(C(=O)N(C)C)cn2)sc1C(=O)O. The fourth-order valence-electron chi connectivity index (χ4n) is 1.53. The summed E-state index contributed by atoms with van der Waals surface area (Å²) in [7, 11) is 3.35. The monoisotopic (exact) mass is 323 g/mol. The zero-order valence-corrected chi connectivity index (χ0v) is 13.3. The number of nitrogens with zero attached hydrogens (tertiary/aromatic N) is 3. The summed E-state index contributed by atoms with van der Waals surface area (Å²) in [6, 6.07) is 3.41. The summed E-state index contributed by atoms with van der Waals surface area (Å²) >= 11 is 2.39. The Morgan fingerprint density at radius 1 is 1.33 bits per heavy atom. The second-order valence-corrected chi connectivity index (χ2v) is 6.65. The fourth-order valence-corrected chi connectivity index (χ4v) is 3.44. The molecule has 2 rings (SSSR count). The maximum absolute atomic E-state index is 11.7. The molecule has 0 saturated heterocycles. The van der Waals surface area contributed by atoms with Gasteiger partial charge in [0.15, 0.2) is 4.34 Å². The molecule has 8 heteroatoms. The lowest BCUT2D eigenvalue weighted by molar-refractivity contribution is 0.0700. The van der Waals surface area contributed by atoms with Crippen molar-refractivity contribution in [3.63, 3.8) is 0 Å². The number of aryl methyl sites for hydroxylation is 1. The number of pyridine rings is 1. The van der Waals surface area contributed by atoms with Crippen molar-refractivity contribution >= 4 is 35.0 Å². The highest BCUT2D eigenvalue weighted by Gasteiger charge is 2.15. The summed E-state index contributed by atoms with van der Waals surface area (Å²) < 4.78 is 0.615. The standard InChI is InChI=1S/C13H13N3O3S2/c1-7-10(12(18)19)21-13(15-7)20-9-5-4-8(6-14-9)11(17)16(2)3/h4-6H,1-3H3,(H,18,19). The van der Waals surface area contributed by atoms with Crippen LogP contribution >= 0.6 is 23.1 Å². The lowest BCUT2D eigenvalue weighted by Crippen LogP contribution is -2.21. The number of carboxylic acid groups (broad SMARTS) is 1. The van der Waals surface area contributed by atoms with E-state index in [0.29, 0.717) is 20.6 Å². The molecule has 1 N–H and O–H groups in total. The van der Waals surface area contributed by atoms with E-state index >= 15 is 0 Å². The van der Waals surface area contributed by atoms with Gasteiger partial charge in [-0.1, -0.05) is 11.3 Å². The molecule has 2 aromatic rings. The molecule has 0 aliphatic rings. The molecule has 0 saturated carbocycles. The van der Waals surface area contributed by atoms with Gasteiger partial charge in [0.05, 0.1) is 11.3 Å². The lowest BCUT2D eigenvalue weighted by Gasteiger charge is -2.09. The molecule has 0 aromatic carbocycles. The largest absolute Gasteiger partial charge is 0.477 e. The smallest absolute Gasteiger partial charge is 0.347 e. The van der Waals surface area contributed by atoms with Crippen molar-refractivity contribution in [3.8, 4) is 0 Å². The van der Waals surface area contributed by atoms with Crippen LogP contribution in [-0.4, -0.2) is 45.9 Å². The van der Waals surface area contributed by atoms with Gasteiger partial charge in [-0.2, -0.15) is 0 Å². The van der Waals surface area contributed by atoms with Crippen LogP contribution in [0.3, 0.4) is 0 Å². The first-order valence-electron chi connectivity index (χ1n) is 5.94. The summed E-state index contributed by atoms with van der Waals surface area (Å²) in [4.78, 5) is 32.8. The third-order valence-corrected chi connectivity index (χ3v) is 4.71. The van der Waals surface area contributed by atoms with Gasteiger partial charge in [0, 0.05) is 20.3 Å². The van der Waals surface area contributed by atoms with Gasteiger partial charge in [-0.05, 0) is 30.8 Å². The normalized spacial score (nSPS) is 10.4. The van der Waals surface area contributed by atoms with Crippen LogP contribution in [0.25, 0.3) is 0 Å². The number of carbonyl (C=O) groups excluding carboxylic acids is 1. The fraction of sp³-hybridized carbons (Fsp3) is 0.231. The predicted octanol–water partition coefficient (Wildman–Crippen LogP) is 2.40. The first-order valence-corrected chi connectivity index (χ1v) is 7.58. The number of aromatic nitrogens is 2. The van der Waals surface area contributed by atoms with E-state index in [-0.39, 0.29) is 10.8 Å². The first-order chi connectivity index (χ1) is 9.88. The Hall–Kier alpha value is -1.93. The number of aromatic carboxylic acids is 1. The van der Waals surface area contributed by atoms with Gasteiger partial charge in [-0.3, -0.25) is 4.79 Å². The van der Waals surface area contributed by atoms with E-state index in [1.807, 2.05) is 0 Å². The van der Waals surface area contributed by atoms with Crippen molar-refractivity contribution in [2.45, 2.75) is 16.3 Å². The van der Waals surface area contributed by atoms with Crippen LogP contribution in [0, 0.1) is 6.92 Å². The van der Waals surface area contributed by atoms with Gasteiger partial charge < -0.3 is 10.0 Å². The van der Waals surface area contributed by atoms with Gasteiger partial charge >= 0.3 is 5.97 Å². The van der Waals surface area contributed by atoms with Crippen LogP contribution in [-0.2, 0) is 0 Å². The third kappa shape index (κ3) is 3.59. The second kappa shape index (κ2) is 6.23. The Morgan fingerprint density at radius 2 is 2.05 bits per heavy atom. The average molecular weight is 323 g/mol. The maximum Gasteiger partial charge on any atom is 0.347 e. The minimum Gasteiger partial charge on any atom is -0.477 e. The van der Waals surface area contributed by atoms with Crippen LogP contribution in [0.2, 0.25) is 0 Å². The number of rotatable bonds is 4. The number of hydrogen-bond donors (Lipinski definition) is 1. The van der Waals surface area contributed by atoms with Crippen LogP contribution < -0.4 is 0 Å². The van der Waals surface area contributed by atoms with Crippen LogP contribution in [0.1, 0.15) is 25.7 Å². The zero-order valence-electron chi connectivity index (χ0n) is 11.7. The second-order valence-electron chi connectivity index (χ2n) is 4.39. The molecule has 0 atom stereocenters. The van der Waals surface area contributed by atoms with Crippen molar-refractivity contribution in [2.24, 2.45) is 0 Å². The van der Waals surface area contributed by atoms with Crippen molar-refractivity contribution in [2.75, 3.05) is 14.1 Å².